The number of anilines is 1. The van der Waals surface area contributed by atoms with Gasteiger partial charge in [-0.3, -0.25) is 4.79 Å². The lowest BCUT2D eigenvalue weighted by molar-refractivity contribution is -0.924. The number of quaternary nitrogens is 1. The number of rotatable bonds is 6. The fourth-order valence-electron chi connectivity index (χ4n) is 4.19. The first-order valence-corrected chi connectivity index (χ1v) is 10.7. The predicted molar refractivity (Wildman–Crippen MR) is 113 cm³/mol. The summed E-state index contributed by atoms with van der Waals surface area (Å²) >= 11 is 1.31. The number of likely N-dealkylation sites (N-methyl/N-ethyl adjacent to an activating group) is 1. The predicted octanol–water partition coefficient (Wildman–Crippen LogP) is 4.20. The van der Waals surface area contributed by atoms with Crippen molar-refractivity contribution in [1.82, 2.24) is 0 Å². The highest BCUT2D eigenvalue weighted by atomic mass is 32.1. The van der Waals surface area contributed by atoms with Gasteiger partial charge in [0.05, 0.1) is 32.4 Å². The molecule has 1 aromatic heterocycles. The van der Waals surface area contributed by atoms with E-state index >= 15 is 0 Å². The monoisotopic (exact) mass is 401 g/mol. The van der Waals surface area contributed by atoms with Gasteiger partial charge in [0, 0.05) is 5.92 Å². The van der Waals surface area contributed by atoms with Crippen molar-refractivity contribution in [3.8, 4) is 0 Å². The van der Waals surface area contributed by atoms with E-state index in [1.165, 1.54) is 30.4 Å². The van der Waals surface area contributed by atoms with Gasteiger partial charge in [0.1, 0.15) is 4.88 Å². The Morgan fingerprint density at radius 1 is 1.29 bits per heavy atom. The van der Waals surface area contributed by atoms with Crippen molar-refractivity contribution in [2.75, 3.05) is 38.6 Å². The van der Waals surface area contributed by atoms with E-state index in [2.05, 4.69) is 36.5 Å². The van der Waals surface area contributed by atoms with Gasteiger partial charge >= 0.3 is 5.97 Å². The molecule has 3 rings (SSSR count). The Balaban J connectivity index is 1.73. The lowest BCUT2D eigenvalue weighted by Crippen LogP contribution is -2.56. The molecule has 0 spiro atoms. The van der Waals surface area contributed by atoms with Gasteiger partial charge in [-0.25, -0.2) is 4.79 Å². The van der Waals surface area contributed by atoms with E-state index in [0.29, 0.717) is 23.0 Å². The summed E-state index contributed by atoms with van der Waals surface area (Å²) in [5.41, 5.74) is 2.84. The summed E-state index contributed by atoms with van der Waals surface area (Å²) in [6, 6.07) is 10.6. The highest BCUT2D eigenvalue weighted by molar-refractivity contribution is 7.12. The van der Waals surface area contributed by atoms with Crippen molar-refractivity contribution < 1.29 is 18.8 Å². The summed E-state index contributed by atoms with van der Waals surface area (Å²) in [5.74, 6) is 0.0355. The first kappa shape index (κ1) is 20.6. The number of methoxy groups -OCH3 is 1. The second-order valence-corrected chi connectivity index (χ2v) is 8.51. The van der Waals surface area contributed by atoms with Crippen LogP contribution in [0.3, 0.4) is 0 Å². The van der Waals surface area contributed by atoms with Crippen LogP contribution in [0.15, 0.2) is 35.7 Å². The second kappa shape index (κ2) is 8.88. The van der Waals surface area contributed by atoms with Gasteiger partial charge in [0.2, 0.25) is 0 Å². The number of nitrogens with zero attached hydrogens (tertiary/aromatic N) is 1. The molecule has 1 amide bonds. The summed E-state index contributed by atoms with van der Waals surface area (Å²) in [4.78, 5) is 25.4. The molecule has 150 valence electrons. The van der Waals surface area contributed by atoms with Crippen LogP contribution in [-0.4, -0.2) is 49.6 Å². The van der Waals surface area contributed by atoms with Crippen LogP contribution in [0, 0.1) is 6.92 Å². The summed E-state index contributed by atoms with van der Waals surface area (Å²) in [7, 11) is 1.36. The minimum atomic E-state index is -0.407. The van der Waals surface area contributed by atoms with Crippen LogP contribution in [0.5, 0.6) is 0 Å². The van der Waals surface area contributed by atoms with E-state index in [1.54, 1.807) is 0 Å². The van der Waals surface area contributed by atoms with Gasteiger partial charge in [0.25, 0.3) is 5.91 Å². The van der Waals surface area contributed by atoms with E-state index in [1.807, 2.05) is 18.4 Å². The number of likely N-dealkylation sites (tertiary alicyclic amines) is 1. The maximum Gasteiger partial charge on any atom is 0.350 e. The van der Waals surface area contributed by atoms with Crippen molar-refractivity contribution in [3.05, 3.63) is 51.7 Å². The van der Waals surface area contributed by atoms with Crippen molar-refractivity contribution in [1.29, 1.82) is 0 Å². The van der Waals surface area contributed by atoms with Gasteiger partial charge in [-0.2, -0.15) is 0 Å². The molecule has 0 aliphatic carbocycles. The minimum absolute atomic E-state index is 0.0396. The lowest BCUT2D eigenvalue weighted by atomic mass is 9.89. The van der Waals surface area contributed by atoms with Crippen LogP contribution in [0.1, 0.15) is 46.5 Å². The maximum absolute atomic E-state index is 12.9. The summed E-state index contributed by atoms with van der Waals surface area (Å²) in [5, 5.41) is 4.86. The third-order valence-electron chi connectivity index (χ3n) is 5.82. The Bertz CT molecular complexity index is 834. The van der Waals surface area contributed by atoms with Crippen LogP contribution in [0.25, 0.3) is 0 Å². The smallest absolute Gasteiger partial charge is 0.350 e. The second-order valence-electron chi connectivity index (χ2n) is 7.63. The van der Waals surface area contributed by atoms with E-state index in [-0.39, 0.29) is 5.91 Å². The van der Waals surface area contributed by atoms with Crippen molar-refractivity contribution in [2.24, 2.45) is 0 Å². The number of carbonyl (C=O) groups excluding carboxylic acids is 2. The van der Waals surface area contributed by atoms with E-state index in [4.69, 9.17) is 4.74 Å². The molecule has 1 aliphatic heterocycles. The van der Waals surface area contributed by atoms with Crippen LogP contribution in [-0.2, 0) is 9.53 Å². The molecule has 1 fully saturated rings. The van der Waals surface area contributed by atoms with Crippen LogP contribution < -0.4 is 5.32 Å². The highest BCUT2D eigenvalue weighted by Crippen LogP contribution is 2.32. The molecule has 2 aromatic rings. The summed E-state index contributed by atoms with van der Waals surface area (Å²) < 4.78 is 5.62. The van der Waals surface area contributed by atoms with Gasteiger partial charge in [-0.1, -0.05) is 30.3 Å². The first-order chi connectivity index (χ1) is 13.5. The maximum atomic E-state index is 12.9. The average molecular weight is 402 g/mol. The number of esters is 1. The third kappa shape index (κ3) is 4.45. The fourth-order valence-corrected chi connectivity index (χ4v) is 5.11. The minimum Gasteiger partial charge on any atom is -0.465 e. The molecule has 1 aliphatic rings. The Morgan fingerprint density at radius 2 is 2.04 bits per heavy atom. The van der Waals surface area contributed by atoms with Gasteiger partial charge in [-0.15, -0.1) is 11.3 Å². The van der Waals surface area contributed by atoms with E-state index < -0.39 is 5.97 Å². The number of amides is 1. The van der Waals surface area contributed by atoms with E-state index in [9.17, 15) is 9.59 Å². The van der Waals surface area contributed by atoms with Crippen molar-refractivity contribution >= 4 is 28.9 Å². The first-order valence-electron chi connectivity index (χ1n) is 9.84. The molecule has 6 heteroatoms. The van der Waals surface area contributed by atoms with E-state index in [0.717, 1.165) is 36.1 Å². The molecule has 28 heavy (non-hydrogen) atoms. The fraction of sp³-hybridized carbons (Fsp3) is 0.455. The lowest BCUT2D eigenvalue weighted by Gasteiger charge is -2.43. The molecule has 0 radical (unpaired) electrons. The standard InChI is InChI=1S/C22H28N2O3S/c1-4-24(12-8-11-18(13-24)17-9-6-5-7-10-17)14-19(25)23-20-16(2)15-28-21(20)22(26)27-3/h5-7,9-10,15,18H,4,8,11-14H2,1-3H3/p+1. The number of benzene rings is 1. The average Bonchev–Trinajstić information content (AvgIpc) is 3.08. The molecular weight excluding hydrogens is 372 g/mol. The number of piperidine rings is 1. The molecule has 1 aromatic carbocycles. The zero-order valence-corrected chi connectivity index (χ0v) is 17.7. The molecule has 2 heterocycles. The normalized spacial score (nSPS) is 21.9. The van der Waals surface area contributed by atoms with Crippen LogP contribution >= 0.6 is 11.3 Å². The molecule has 2 atom stereocenters. The summed E-state index contributed by atoms with van der Waals surface area (Å²) in [6.45, 7) is 7.39. The van der Waals surface area contributed by atoms with Gasteiger partial charge in [0.15, 0.2) is 6.54 Å². The zero-order valence-electron chi connectivity index (χ0n) is 16.9. The number of thiophene rings is 1. The molecule has 2 unspecified atom stereocenters. The Morgan fingerprint density at radius 3 is 2.71 bits per heavy atom. The van der Waals surface area contributed by atoms with Crippen molar-refractivity contribution in [3.63, 3.8) is 0 Å². The zero-order chi connectivity index (χ0) is 20.1. The number of ether oxygens (including phenoxy) is 1. The number of aryl methyl sites for hydroxylation is 1. The number of hydrogen-bond donors (Lipinski definition) is 1. The van der Waals surface area contributed by atoms with Gasteiger partial charge in [-0.05, 0) is 43.2 Å². The Hall–Kier alpha value is -2.18. The topological polar surface area (TPSA) is 55.4 Å². The summed E-state index contributed by atoms with van der Waals surface area (Å²) in [6.07, 6.45) is 2.29. The van der Waals surface area contributed by atoms with Crippen molar-refractivity contribution in [2.45, 2.75) is 32.6 Å². The number of nitrogens with one attached hydrogen (secondary N) is 1. The SMILES string of the molecule is CC[N+]1(CC(=O)Nc2c(C)csc2C(=O)OC)CCCC(c2ccccc2)C1. The number of carbonyl (C=O) groups is 2. The quantitative estimate of drug-likeness (QED) is 0.583. The Kier molecular flexibility index (Phi) is 6.52. The highest BCUT2D eigenvalue weighted by Gasteiger charge is 2.36. The van der Waals surface area contributed by atoms with Crippen LogP contribution in [0.4, 0.5) is 5.69 Å². The molecule has 0 bridgehead atoms. The molecule has 1 N–H and O–H groups in total. The Labute approximate surface area is 170 Å². The third-order valence-corrected chi connectivity index (χ3v) is 6.90. The largest absolute Gasteiger partial charge is 0.465 e. The molecule has 5 nitrogen and oxygen atoms in total. The molecular formula is C22H29N2O3S+. The molecule has 1 saturated heterocycles. The van der Waals surface area contributed by atoms with Gasteiger partial charge < -0.3 is 14.5 Å². The van der Waals surface area contributed by atoms with Crippen LogP contribution in [0.2, 0.25) is 0 Å². The molecule has 0 saturated carbocycles. The number of hydrogen-bond acceptors (Lipinski definition) is 4.